The van der Waals surface area contributed by atoms with Gasteiger partial charge >= 0.3 is 5.97 Å². The van der Waals surface area contributed by atoms with Gasteiger partial charge in [0.05, 0.1) is 17.2 Å². The van der Waals surface area contributed by atoms with Crippen molar-refractivity contribution in [1.29, 1.82) is 0 Å². The zero-order valence-corrected chi connectivity index (χ0v) is 9.99. The Morgan fingerprint density at radius 1 is 1.47 bits per heavy atom. The Morgan fingerprint density at radius 3 is 2.53 bits per heavy atom. The minimum Gasteiger partial charge on any atom is -0.478 e. The summed E-state index contributed by atoms with van der Waals surface area (Å²) in [4.78, 5) is 10.7. The number of aromatic carboxylic acids is 1. The number of nitrogens with one attached hydrogen (secondary N) is 1. The predicted molar refractivity (Wildman–Crippen MR) is 62.7 cm³/mol. The number of benzene rings is 1. The molecule has 0 aliphatic carbocycles. The van der Waals surface area contributed by atoms with Crippen molar-refractivity contribution in [3.8, 4) is 0 Å². The molecular weight excluding hydrogens is 225 g/mol. The third kappa shape index (κ3) is 3.42. The molecule has 5 heteroatoms. The van der Waals surface area contributed by atoms with Gasteiger partial charge in [-0.05, 0) is 39.0 Å². The topological polar surface area (TPSA) is 69.6 Å². The molecule has 3 N–H and O–H groups in total. The summed E-state index contributed by atoms with van der Waals surface area (Å²) in [6.07, 6.45) is 0. The van der Waals surface area contributed by atoms with Gasteiger partial charge in [0.15, 0.2) is 0 Å². The van der Waals surface area contributed by atoms with Gasteiger partial charge in [-0.1, -0.05) is 0 Å². The van der Waals surface area contributed by atoms with E-state index in [0.29, 0.717) is 5.69 Å². The fourth-order valence-electron chi connectivity index (χ4n) is 1.21. The van der Waals surface area contributed by atoms with Crippen molar-refractivity contribution in [1.82, 2.24) is 0 Å². The third-order valence-electron chi connectivity index (χ3n) is 2.64. The van der Waals surface area contributed by atoms with Gasteiger partial charge in [-0.2, -0.15) is 0 Å². The van der Waals surface area contributed by atoms with E-state index in [2.05, 4.69) is 5.32 Å². The molecule has 0 heterocycles. The Kier molecular flexibility index (Phi) is 3.72. The van der Waals surface area contributed by atoms with Gasteiger partial charge < -0.3 is 15.5 Å². The molecule has 1 aromatic rings. The van der Waals surface area contributed by atoms with Crippen molar-refractivity contribution in [3.05, 3.63) is 29.6 Å². The maximum absolute atomic E-state index is 13.1. The van der Waals surface area contributed by atoms with Crippen LogP contribution in [0.15, 0.2) is 18.2 Å². The van der Waals surface area contributed by atoms with Gasteiger partial charge in [-0.3, -0.25) is 0 Å². The molecule has 0 aliphatic heterocycles. The number of carboxylic acids is 1. The average Bonchev–Trinajstić information content (AvgIpc) is 2.19. The molecule has 0 aliphatic rings. The lowest BCUT2D eigenvalue weighted by Gasteiger charge is -2.27. The number of aliphatic hydroxyl groups is 1. The molecule has 0 aromatic heterocycles. The van der Waals surface area contributed by atoms with Crippen LogP contribution in [0.1, 0.15) is 31.1 Å². The van der Waals surface area contributed by atoms with E-state index in [0.717, 1.165) is 6.07 Å². The highest BCUT2D eigenvalue weighted by Crippen LogP contribution is 2.19. The second-order valence-corrected chi connectivity index (χ2v) is 4.52. The van der Waals surface area contributed by atoms with Crippen LogP contribution in [0.2, 0.25) is 0 Å². The van der Waals surface area contributed by atoms with E-state index in [1.165, 1.54) is 12.1 Å². The van der Waals surface area contributed by atoms with Crippen LogP contribution in [0.3, 0.4) is 0 Å². The summed E-state index contributed by atoms with van der Waals surface area (Å²) in [5, 5.41) is 21.4. The van der Waals surface area contributed by atoms with Crippen LogP contribution in [0.25, 0.3) is 0 Å². The molecule has 1 aromatic carbocycles. The summed E-state index contributed by atoms with van der Waals surface area (Å²) < 4.78 is 13.1. The second-order valence-electron chi connectivity index (χ2n) is 4.52. The Hall–Kier alpha value is -1.62. The maximum atomic E-state index is 13.1. The van der Waals surface area contributed by atoms with Gasteiger partial charge in [0.2, 0.25) is 0 Å². The number of anilines is 1. The van der Waals surface area contributed by atoms with E-state index in [-0.39, 0.29) is 6.04 Å². The van der Waals surface area contributed by atoms with Crippen molar-refractivity contribution in [2.24, 2.45) is 0 Å². The maximum Gasteiger partial charge on any atom is 0.338 e. The van der Waals surface area contributed by atoms with Gasteiger partial charge in [0.25, 0.3) is 0 Å². The Bertz CT molecular complexity index is 426. The number of hydrogen-bond donors (Lipinski definition) is 3. The highest BCUT2D eigenvalue weighted by molar-refractivity contribution is 5.89. The summed E-state index contributed by atoms with van der Waals surface area (Å²) in [6, 6.07) is 3.43. The van der Waals surface area contributed by atoms with Crippen molar-refractivity contribution in [2.45, 2.75) is 32.4 Å². The van der Waals surface area contributed by atoms with Crippen molar-refractivity contribution in [3.63, 3.8) is 0 Å². The van der Waals surface area contributed by atoms with E-state index in [1.807, 2.05) is 0 Å². The van der Waals surface area contributed by atoms with Crippen LogP contribution < -0.4 is 5.32 Å². The molecular formula is C12H16FNO3. The summed E-state index contributed by atoms with van der Waals surface area (Å²) in [5.74, 6) is -2.10. The summed E-state index contributed by atoms with van der Waals surface area (Å²) in [5.41, 5.74) is -0.894. The molecule has 0 saturated heterocycles. The van der Waals surface area contributed by atoms with Gasteiger partial charge in [0, 0.05) is 5.69 Å². The van der Waals surface area contributed by atoms with Gasteiger partial charge in [-0.25, -0.2) is 9.18 Å². The van der Waals surface area contributed by atoms with E-state index in [1.54, 1.807) is 20.8 Å². The Balaban J connectivity index is 2.94. The van der Waals surface area contributed by atoms with Crippen LogP contribution in [0.5, 0.6) is 0 Å². The monoisotopic (exact) mass is 241 g/mol. The predicted octanol–water partition coefficient (Wildman–Crippen LogP) is 2.10. The summed E-state index contributed by atoms with van der Waals surface area (Å²) in [6.45, 7) is 5.02. The molecule has 0 radical (unpaired) electrons. The highest BCUT2D eigenvalue weighted by Gasteiger charge is 2.22. The Morgan fingerprint density at radius 2 is 2.06 bits per heavy atom. The first-order chi connectivity index (χ1) is 7.71. The van der Waals surface area contributed by atoms with E-state index < -0.39 is 23.0 Å². The van der Waals surface area contributed by atoms with Crippen LogP contribution in [-0.2, 0) is 0 Å². The fraction of sp³-hybridized carbons (Fsp3) is 0.417. The largest absolute Gasteiger partial charge is 0.478 e. The molecule has 1 atom stereocenters. The standard InChI is InChI=1S/C12H16FNO3/c1-7(12(2,3)17)14-8-4-5-10(13)9(6-8)11(15)16/h4-7,14,17H,1-3H3,(H,15,16). The zero-order chi connectivity index (χ0) is 13.2. The zero-order valence-electron chi connectivity index (χ0n) is 9.99. The minimum atomic E-state index is -1.32. The number of hydrogen-bond acceptors (Lipinski definition) is 3. The molecule has 94 valence electrons. The second kappa shape index (κ2) is 4.71. The molecule has 4 nitrogen and oxygen atoms in total. The number of rotatable bonds is 4. The quantitative estimate of drug-likeness (QED) is 0.755. The molecule has 0 amide bonds. The van der Waals surface area contributed by atoms with E-state index in [4.69, 9.17) is 5.11 Å². The lowest BCUT2D eigenvalue weighted by molar-refractivity contribution is 0.0649. The molecule has 0 bridgehead atoms. The van der Waals surface area contributed by atoms with Crippen LogP contribution >= 0.6 is 0 Å². The first-order valence-corrected chi connectivity index (χ1v) is 5.23. The highest BCUT2D eigenvalue weighted by atomic mass is 19.1. The molecule has 1 unspecified atom stereocenters. The normalized spacial score (nSPS) is 13.2. The molecule has 0 fully saturated rings. The number of halogens is 1. The lowest BCUT2D eigenvalue weighted by Crippen LogP contribution is -2.39. The van der Waals surface area contributed by atoms with Crippen molar-refractivity contribution >= 4 is 11.7 Å². The average molecular weight is 241 g/mol. The fourth-order valence-corrected chi connectivity index (χ4v) is 1.21. The van der Waals surface area contributed by atoms with Crippen molar-refractivity contribution in [2.75, 3.05) is 5.32 Å². The number of carbonyl (C=O) groups is 1. The first-order valence-electron chi connectivity index (χ1n) is 5.23. The smallest absolute Gasteiger partial charge is 0.338 e. The van der Waals surface area contributed by atoms with E-state index in [9.17, 15) is 14.3 Å². The van der Waals surface area contributed by atoms with Gasteiger partial charge in [-0.15, -0.1) is 0 Å². The molecule has 0 saturated carbocycles. The van der Waals surface area contributed by atoms with Gasteiger partial charge in [0.1, 0.15) is 5.82 Å². The number of carboxylic acid groups (broad SMARTS) is 1. The SMILES string of the molecule is CC(Nc1ccc(F)c(C(=O)O)c1)C(C)(C)O. The minimum absolute atomic E-state index is 0.297. The molecule has 1 rings (SSSR count). The molecule has 0 spiro atoms. The Labute approximate surface area is 99.1 Å². The summed E-state index contributed by atoms with van der Waals surface area (Å²) in [7, 11) is 0. The van der Waals surface area contributed by atoms with Crippen LogP contribution in [0, 0.1) is 5.82 Å². The van der Waals surface area contributed by atoms with Crippen molar-refractivity contribution < 1.29 is 19.4 Å². The summed E-state index contributed by atoms with van der Waals surface area (Å²) >= 11 is 0. The van der Waals surface area contributed by atoms with E-state index >= 15 is 0 Å². The lowest BCUT2D eigenvalue weighted by atomic mass is 10.0. The molecule has 17 heavy (non-hydrogen) atoms. The third-order valence-corrected chi connectivity index (χ3v) is 2.64. The van der Waals surface area contributed by atoms with Crippen LogP contribution in [0.4, 0.5) is 10.1 Å². The van der Waals surface area contributed by atoms with Crippen LogP contribution in [-0.4, -0.2) is 27.8 Å². The first kappa shape index (κ1) is 13.4.